The zero-order chi connectivity index (χ0) is 18.1. The number of nitrogens with zero attached hydrogens (tertiary/aromatic N) is 3. The molecule has 2 aromatic carbocycles. The molecule has 0 spiro atoms. The minimum atomic E-state index is -0.545. The number of fused-ring (bicyclic) bond motifs is 1. The number of rotatable bonds is 3. The van der Waals surface area contributed by atoms with E-state index in [4.69, 9.17) is 4.74 Å². The van der Waals surface area contributed by atoms with Gasteiger partial charge in [0.2, 0.25) is 0 Å². The number of benzene rings is 2. The lowest BCUT2D eigenvalue weighted by Crippen LogP contribution is -2.34. The largest absolute Gasteiger partial charge is 0.479 e. The first kappa shape index (κ1) is 15.8. The van der Waals surface area contributed by atoms with Gasteiger partial charge in [-0.2, -0.15) is 9.90 Å². The SMILES string of the molecule is C[C@@H]1Oc2ccc(NC(=O)c3cnn(-c4ccccc4)n3)cc2NC1=O. The van der Waals surface area contributed by atoms with E-state index in [9.17, 15) is 9.59 Å². The van der Waals surface area contributed by atoms with Crippen LogP contribution < -0.4 is 15.4 Å². The van der Waals surface area contributed by atoms with Gasteiger partial charge in [-0.3, -0.25) is 9.59 Å². The molecule has 0 unspecified atom stereocenters. The second kappa shape index (κ2) is 6.32. The minimum Gasteiger partial charge on any atom is -0.479 e. The molecule has 2 N–H and O–H groups in total. The highest BCUT2D eigenvalue weighted by Gasteiger charge is 2.23. The molecule has 1 aliphatic heterocycles. The van der Waals surface area contributed by atoms with Crippen molar-refractivity contribution in [2.24, 2.45) is 0 Å². The van der Waals surface area contributed by atoms with Crippen LogP contribution in [0, 0.1) is 0 Å². The van der Waals surface area contributed by atoms with Crippen molar-refractivity contribution in [1.82, 2.24) is 15.0 Å². The monoisotopic (exact) mass is 349 g/mol. The van der Waals surface area contributed by atoms with E-state index in [-0.39, 0.29) is 11.6 Å². The molecule has 0 aliphatic carbocycles. The van der Waals surface area contributed by atoms with Crippen molar-refractivity contribution >= 4 is 23.2 Å². The van der Waals surface area contributed by atoms with Crippen LogP contribution in [0.2, 0.25) is 0 Å². The van der Waals surface area contributed by atoms with Crippen LogP contribution in [0.5, 0.6) is 5.75 Å². The zero-order valence-corrected chi connectivity index (χ0v) is 13.8. The Hall–Kier alpha value is -3.68. The molecule has 1 atom stereocenters. The number of aromatic nitrogens is 3. The average Bonchev–Trinajstić information content (AvgIpc) is 3.14. The first-order valence-corrected chi connectivity index (χ1v) is 8.01. The predicted molar refractivity (Wildman–Crippen MR) is 94.5 cm³/mol. The highest BCUT2D eigenvalue weighted by Crippen LogP contribution is 2.32. The molecule has 0 fully saturated rings. The van der Waals surface area contributed by atoms with Gasteiger partial charge in [0.1, 0.15) is 5.75 Å². The van der Waals surface area contributed by atoms with Gasteiger partial charge in [0.05, 0.1) is 17.6 Å². The lowest BCUT2D eigenvalue weighted by atomic mass is 10.2. The molecule has 8 nitrogen and oxygen atoms in total. The topological polar surface area (TPSA) is 98.1 Å². The Balaban J connectivity index is 1.51. The van der Waals surface area contributed by atoms with Gasteiger partial charge in [0.15, 0.2) is 11.8 Å². The van der Waals surface area contributed by atoms with Gasteiger partial charge in [0.25, 0.3) is 11.8 Å². The molecule has 2 amide bonds. The van der Waals surface area contributed by atoms with Crippen LogP contribution in [-0.4, -0.2) is 32.9 Å². The summed E-state index contributed by atoms with van der Waals surface area (Å²) in [5.41, 5.74) is 1.97. The highest BCUT2D eigenvalue weighted by atomic mass is 16.5. The number of nitrogens with one attached hydrogen (secondary N) is 2. The molecule has 0 saturated carbocycles. The fourth-order valence-electron chi connectivity index (χ4n) is 2.53. The number of carbonyl (C=O) groups excluding carboxylic acids is 2. The molecule has 8 heteroatoms. The van der Waals surface area contributed by atoms with Gasteiger partial charge in [-0.25, -0.2) is 0 Å². The zero-order valence-electron chi connectivity index (χ0n) is 13.8. The molecule has 26 heavy (non-hydrogen) atoms. The Kier molecular flexibility index (Phi) is 3.85. The number of para-hydroxylation sites is 1. The lowest BCUT2D eigenvalue weighted by molar-refractivity contribution is -0.122. The van der Waals surface area contributed by atoms with Crippen LogP contribution in [-0.2, 0) is 4.79 Å². The van der Waals surface area contributed by atoms with Crippen molar-refractivity contribution in [2.45, 2.75) is 13.0 Å². The van der Waals surface area contributed by atoms with Gasteiger partial charge < -0.3 is 15.4 Å². The first-order valence-electron chi connectivity index (χ1n) is 8.01. The van der Waals surface area contributed by atoms with Gasteiger partial charge in [-0.1, -0.05) is 18.2 Å². The summed E-state index contributed by atoms with van der Waals surface area (Å²) in [5, 5.41) is 13.8. The van der Waals surface area contributed by atoms with E-state index < -0.39 is 12.0 Å². The van der Waals surface area contributed by atoms with Crippen LogP contribution in [0.3, 0.4) is 0 Å². The molecule has 3 aromatic rings. The molecule has 0 bridgehead atoms. The maximum atomic E-state index is 12.4. The number of ether oxygens (including phenoxy) is 1. The second-order valence-electron chi connectivity index (χ2n) is 5.77. The summed E-state index contributed by atoms with van der Waals surface area (Å²) in [6, 6.07) is 14.3. The number of hydrogen-bond donors (Lipinski definition) is 2. The summed E-state index contributed by atoms with van der Waals surface area (Å²) in [6.45, 7) is 1.67. The lowest BCUT2D eigenvalue weighted by Gasteiger charge is -2.23. The van der Waals surface area contributed by atoms with Crippen molar-refractivity contribution in [3.8, 4) is 11.4 Å². The molecule has 0 radical (unpaired) electrons. The number of anilines is 2. The molecule has 1 aliphatic rings. The highest BCUT2D eigenvalue weighted by molar-refractivity contribution is 6.04. The van der Waals surface area contributed by atoms with Crippen LogP contribution in [0.4, 0.5) is 11.4 Å². The molecular formula is C18H15N5O3. The Morgan fingerprint density at radius 3 is 2.85 bits per heavy atom. The van der Waals surface area contributed by atoms with Crippen molar-refractivity contribution in [3.05, 3.63) is 60.4 Å². The predicted octanol–water partition coefficient (Wildman–Crippen LogP) is 2.24. The molecule has 2 heterocycles. The minimum absolute atomic E-state index is 0.181. The number of hydrogen-bond acceptors (Lipinski definition) is 5. The third kappa shape index (κ3) is 3.00. The van der Waals surface area contributed by atoms with Crippen molar-refractivity contribution in [1.29, 1.82) is 0 Å². The van der Waals surface area contributed by atoms with Crippen LogP contribution in [0.25, 0.3) is 5.69 Å². The van der Waals surface area contributed by atoms with Crippen molar-refractivity contribution in [3.63, 3.8) is 0 Å². The Morgan fingerprint density at radius 1 is 1.23 bits per heavy atom. The van der Waals surface area contributed by atoms with Gasteiger partial charge in [-0.15, -0.1) is 5.10 Å². The summed E-state index contributed by atoms with van der Waals surface area (Å²) in [7, 11) is 0. The average molecular weight is 349 g/mol. The quantitative estimate of drug-likeness (QED) is 0.756. The molecule has 4 rings (SSSR count). The smallest absolute Gasteiger partial charge is 0.277 e. The Morgan fingerprint density at radius 2 is 2.04 bits per heavy atom. The fourth-order valence-corrected chi connectivity index (χ4v) is 2.53. The molecule has 1 aromatic heterocycles. The summed E-state index contributed by atoms with van der Waals surface area (Å²) in [6.07, 6.45) is 0.851. The first-order chi connectivity index (χ1) is 12.6. The van der Waals surface area contributed by atoms with E-state index in [1.165, 1.54) is 11.0 Å². The van der Waals surface area contributed by atoms with E-state index in [1.807, 2.05) is 30.3 Å². The Bertz CT molecular complexity index is 984. The van der Waals surface area contributed by atoms with Crippen LogP contribution in [0.1, 0.15) is 17.4 Å². The normalized spacial score (nSPS) is 15.6. The van der Waals surface area contributed by atoms with Crippen LogP contribution >= 0.6 is 0 Å². The Labute approximate surface area is 148 Å². The molecule has 130 valence electrons. The van der Waals surface area contributed by atoms with E-state index in [1.54, 1.807) is 25.1 Å². The van der Waals surface area contributed by atoms with E-state index in [0.29, 0.717) is 17.1 Å². The summed E-state index contributed by atoms with van der Waals surface area (Å²) >= 11 is 0. The second-order valence-corrected chi connectivity index (χ2v) is 5.77. The van der Waals surface area contributed by atoms with Crippen LogP contribution in [0.15, 0.2) is 54.7 Å². The van der Waals surface area contributed by atoms with E-state index >= 15 is 0 Å². The number of carbonyl (C=O) groups is 2. The van der Waals surface area contributed by atoms with Gasteiger partial charge in [-0.05, 0) is 37.3 Å². The third-order valence-electron chi connectivity index (χ3n) is 3.88. The molecule has 0 saturated heterocycles. The summed E-state index contributed by atoms with van der Waals surface area (Å²) in [5.74, 6) is -0.0690. The van der Waals surface area contributed by atoms with Gasteiger partial charge >= 0.3 is 0 Å². The van der Waals surface area contributed by atoms with Crippen molar-refractivity contribution in [2.75, 3.05) is 10.6 Å². The van der Waals surface area contributed by atoms with E-state index in [2.05, 4.69) is 20.8 Å². The number of amides is 2. The standard InChI is InChI=1S/C18H15N5O3/c1-11-17(24)21-14-9-12(7-8-16(14)26-11)20-18(25)15-10-19-23(22-15)13-5-3-2-4-6-13/h2-11H,1H3,(H,20,25)(H,21,24)/t11-/m0/s1. The van der Waals surface area contributed by atoms with E-state index in [0.717, 1.165) is 5.69 Å². The van der Waals surface area contributed by atoms with Gasteiger partial charge in [0, 0.05) is 5.69 Å². The molecular weight excluding hydrogens is 334 g/mol. The van der Waals surface area contributed by atoms with Crippen molar-refractivity contribution < 1.29 is 14.3 Å². The maximum Gasteiger partial charge on any atom is 0.277 e. The maximum absolute atomic E-state index is 12.4. The summed E-state index contributed by atoms with van der Waals surface area (Å²) < 4.78 is 5.49. The third-order valence-corrected chi connectivity index (χ3v) is 3.88. The fraction of sp³-hybridized carbons (Fsp3) is 0.111. The summed E-state index contributed by atoms with van der Waals surface area (Å²) in [4.78, 5) is 25.5.